The van der Waals surface area contributed by atoms with E-state index in [1.165, 1.54) is 6.92 Å². The minimum atomic E-state index is -0.791. The van der Waals surface area contributed by atoms with Crippen LogP contribution in [0.3, 0.4) is 0 Å². The number of thioether (sulfide) groups is 1. The Kier molecular flexibility index (Phi) is 8.14. The summed E-state index contributed by atoms with van der Waals surface area (Å²) in [5, 5.41) is 2.64. The average Bonchev–Trinajstić information content (AvgIpc) is 2.56. The monoisotopic (exact) mass is 381 g/mol. The maximum atomic E-state index is 12.2. The molecule has 0 spiro atoms. The van der Waals surface area contributed by atoms with Crippen molar-refractivity contribution in [3.63, 3.8) is 0 Å². The van der Waals surface area contributed by atoms with E-state index in [2.05, 4.69) is 5.32 Å². The number of hydrogen-bond acceptors (Lipinski definition) is 6. The largest absolute Gasteiger partial charge is 0.463 e. The van der Waals surface area contributed by atoms with E-state index < -0.39 is 23.0 Å². The van der Waals surface area contributed by atoms with Crippen molar-refractivity contribution in [3.05, 3.63) is 35.9 Å². The molecule has 1 aromatic rings. The SMILES string of the molecule is CC(=O)SCC(C)(C)C(=O)OCC(C)(C)NC(=O)OCc1ccccc1. The zero-order valence-electron chi connectivity index (χ0n) is 16.0. The second-order valence-corrected chi connectivity index (χ2v) is 8.46. The van der Waals surface area contributed by atoms with Crippen molar-refractivity contribution in [3.8, 4) is 0 Å². The van der Waals surface area contributed by atoms with E-state index in [1.807, 2.05) is 30.3 Å². The first-order chi connectivity index (χ1) is 12.0. The van der Waals surface area contributed by atoms with Gasteiger partial charge in [0.25, 0.3) is 0 Å². The lowest BCUT2D eigenvalue weighted by Crippen LogP contribution is -2.48. The van der Waals surface area contributed by atoms with Crippen LogP contribution >= 0.6 is 11.8 Å². The Bertz CT molecular complexity index is 628. The first-order valence-electron chi connectivity index (χ1n) is 8.31. The molecule has 1 rings (SSSR count). The molecule has 1 aromatic carbocycles. The first kappa shape index (κ1) is 22.0. The van der Waals surface area contributed by atoms with Gasteiger partial charge in [0.05, 0.1) is 11.0 Å². The van der Waals surface area contributed by atoms with Gasteiger partial charge in [-0.3, -0.25) is 9.59 Å². The fraction of sp³-hybridized carbons (Fsp3) is 0.526. The number of alkyl carbamates (subject to hydrolysis) is 1. The van der Waals surface area contributed by atoms with Gasteiger partial charge < -0.3 is 14.8 Å². The third kappa shape index (κ3) is 8.38. The van der Waals surface area contributed by atoms with E-state index in [9.17, 15) is 14.4 Å². The molecular formula is C19H27NO5S. The molecule has 6 nitrogen and oxygen atoms in total. The van der Waals surface area contributed by atoms with Gasteiger partial charge in [-0.1, -0.05) is 42.1 Å². The van der Waals surface area contributed by atoms with Crippen LogP contribution in [-0.2, 0) is 25.7 Å². The minimum Gasteiger partial charge on any atom is -0.463 e. The fourth-order valence-corrected chi connectivity index (χ4v) is 2.54. The van der Waals surface area contributed by atoms with Gasteiger partial charge in [0, 0.05) is 12.7 Å². The second kappa shape index (κ2) is 9.62. The van der Waals surface area contributed by atoms with Gasteiger partial charge in [-0.05, 0) is 33.3 Å². The third-order valence-corrected chi connectivity index (χ3v) is 4.68. The van der Waals surface area contributed by atoms with Crippen LogP contribution in [0.4, 0.5) is 4.79 Å². The Hall–Kier alpha value is -2.02. The van der Waals surface area contributed by atoms with E-state index in [0.29, 0.717) is 5.75 Å². The zero-order valence-corrected chi connectivity index (χ0v) is 16.8. The number of amides is 1. The van der Waals surface area contributed by atoms with Gasteiger partial charge in [0.2, 0.25) is 0 Å². The van der Waals surface area contributed by atoms with Gasteiger partial charge in [-0.15, -0.1) is 0 Å². The first-order valence-corrected chi connectivity index (χ1v) is 9.30. The van der Waals surface area contributed by atoms with E-state index in [0.717, 1.165) is 17.3 Å². The molecule has 1 amide bonds. The molecule has 0 saturated heterocycles. The summed E-state index contributed by atoms with van der Waals surface area (Å²) < 4.78 is 10.5. The van der Waals surface area contributed by atoms with Gasteiger partial charge in [0.1, 0.15) is 13.2 Å². The highest BCUT2D eigenvalue weighted by atomic mass is 32.2. The van der Waals surface area contributed by atoms with Crippen molar-refractivity contribution in [2.24, 2.45) is 5.41 Å². The molecule has 7 heteroatoms. The zero-order chi connectivity index (χ0) is 19.8. The second-order valence-electron chi connectivity index (χ2n) is 7.31. The maximum absolute atomic E-state index is 12.2. The summed E-state index contributed by atoms with van der Waals surface area (Å²) in [6.07, 6.45) is -0.582. The Balaban J connectivity index is 2.43. The van der Waals surface area contributed by atoms with Crippen molar-refractivity contribution in [1.29, 1.82) is 0 Å². The van der Waals surface area contributed by atoms with Crippen LogP contribution in [0.1, 0.15) is 40.2 Å². The lowest BCUT2D eigenvalue weighted by atomic mass is 9.97. The number of hydrogen-bond donors (Lipinski definition) is 1. The molecule has 0 aliphatic heterocycles. The van der Waals surface area contributed by atoms with Gasteiger partial charge >= 0.3 is 12.1 Å². The highest BCUT2D eigenvalue weighted by Crippen LogP contribution is 2.24. The van der Waals surface area contributed by atoms with Gasteiger partial charge in [0.15, 0.2) is 5.12 Å². The molecule has 0 unspecified atom stereocenters. The molecule has 0 aliphatic rings. The normalized spacial score (nSPS) is 11.6. The molecule has 0 aromatic heterocycles. The predicted molar refractivity (Wildman–Crippen MR) is 102 cm³/mol. The standard InChI is InChI=1S/C19H27NO5S/c1-14(21)26-13-18(2,3)16(22)25-12-19(4,5)20-17(23)24-11-15-9-7-6-8-10-15/h6-10H,11-13H2,1-5H3,(H,20,23). The van der Waals surface area contributed by atoms with Crippen LogP contribution in [0.2, 0.25) is 0 Å². The Morgan fingerprint density at radius 1 is 1.04 bits per heavy atom. The Morgan fingerprint density at radius 2 is 1.65 bits per heavy atom. The average molecular weight is 381 g/mol. The number of rotatable bonds is 8. The summed E-state index contributed by atoms with van der Waals surface area (Å²) in [5.74, 6) is -0.0764. The Morgan fingerprint density at radius 3 is 2.23 bits per heavy atom. The molecule has 0 heterocycles. The fourth-order valence-electron chi connectivity index (χ4n) is 1.85. The lowest BCUT2D eigenvalue weighted by Gasteiger charge is -2.28. The maximum Gasteiger partial charge on any atom is 0.407 e. The van der Waals surface area contributed by atoms with Crippen molar-refractivity contribution in [2.45, 2.75) is 46.8 Å². The van der Waals surface area contributed by atoms with Gasteiger partial charge in [-0.25, -0.2) is 4.79 Å². The summed E-state index contributed by atoms with van der Waals surface area (Å²) >= 11 is 1.09. The summed E-state index contributed by atoms with van der Waals surface area (Å²) in [7, 11) is 0. The lowest BCUT2D eigenvalue weighted by molar-refractivity contribution is -0.154. The predicted octanol–water partition coefficient (Wildman–Crippen LogP) is 3.54. The number of carbonyl (C=O) groups excluding carboxylic acids is 3. The van der Waals surface area contributed by atoms with E-state index >= 15 is 0 Å². The molecule has 0 fully saturated rings. The van der Waals surface area contributed by atoms with Gasteiger partial charge in [-0.2, -0.15) is 0 Å². The topological polar surface area (TPSA) is 81.7 Å². The Labute approximate surface area is 159 Å². The molecule has 0 bridgehead atoms. The van der Waals surface area contributed by atoms with Crippen molar-refractivity contribution in [2.75, 3.05) is 12.4 Å². The molecule has 1 N–H and O–H groups in total. The number of nitrogens with one attached hydrogen (secondary N) is 1. The molecule has 144 valence electrons. The smallest absolute Gasteiger partial charge is 0.407 e. The summed E-state index contributed by atoms with van der Waals surface area (Å²) in [6.45, 7) is 8.54. The highest BCUT2D eigenvalue weighted by Gasteiger charge is 2.32. The van der Waals surface area contributed by atoms with Crippen LogP contribution in [0, 0.1) is 5.41 Å². The molecule has 0 atom stereocenters. The molecule has 0 saturated carbocycles. The van der Waals surface area contributed by atoms with Crippen molar-refractivity contribution < 1.29 is 23.9 Å². The van der Waals surface area contributed by atoms with Crippen LogP contribution in [-0.4, -0.2) is 35.1 Å². The van der Waals surface area contributed by atoms with Crippen LogP contribution in [0.25, 0.3) is 0 Å². The van der Waals surface area contributed by atoms with Crippen LogP contribution in [0.15, 0.2) is 30.3 Å². The van der Waals surface area contributed by atoms with Crippen LogP contribution < -0.4 is 5.32 Å². The van der Waals surface area contributed by atoms with E-state index in [1.54, 1.807) is 27.7 Å². The highest BCUT2D eigenvalue weighted by molar-refractivity contribution is 8.13. The number of carbonyl (C=O) groups is 3. The summed E-state index contributed by atoms with van der Waals surface area (Å²) in [4.78, 5) is 35.2. The quantitative estimate of drug-likeness (QED) is 0.694. The van der Waals surface area contributed by atoms with E-state index in [4.69, 9.17) is 9.47 Å². The van der Waals surface area contributed by atoms with Crippen LogP contribution in [0.5, 0.6) is 0 Å². The molecule has 0 aliphatic carbocycles. The minimum absolute atomic E-state index is 0.000435. The number of esters is 1. The number of ether oxygens (including phenoxy) is 2. The molecule has 0 radical (unpaired) electrons. The third-order valence-electron chi connectivity index (χ3n) is 3.41. The van der Waals surface area contributed by atoms with Crippen molar-refractivity contribution in [1.82, 2.24) is 5.32 Å². The molecular weight excluding hydrogens is 354 g/mol. The molecule has 26 heavy (non-hydrogen) atoms. The summed E-state index contributed by atoms with van der Waals surface area (Å²) in [6, 6.07) is 9.35. The summed E-state index contributed by atoms with van der Waals surface area (Å²) in [5.41, 5.74) is -0.690. The van der Waals surface area contributed by atoms with Crippen molar-refractivity contribution >= 4 is 28.9 Å². The number of benzene rings is 1. The van der Waals surface area contributed by atoms with E-state index in [-0.39, 0.29) is 18.3 Å².